The van der Waals surface area contributed by atoms with Crippen LogP contribution >= 0.6 is 0 Å². The highest BCUT2D eigenvalue weighted by atomic mass is 16.3. The predicted molar refractivity (Wildman–Crippen MR) is 70.9 cm³/mol. The number of nitrogens with zero attached hydrogens (tertiary/aromatic N) is 2. The van der Waals surface area contributed by atoms with E-state index >= 15 is 0 Å². The summed E-state index contributed by atoms with van der Waals surface area (Å²) in [5, 5.41) is 13.1. The third-order valence-electron chi connectivity index (χ3n) is 4.15. The molecule has 0 amide bonds. The van der Waals surface area contributed by atoms with Gasteiger partial charge < -0.3 is 15.0 Å². The Morgan fingerprint density at radius 1 is 1.37 bits per heavy atom. The molecule has 0 radical (unpaired) electrons. The van der Waals surface area contributed by atoms with E-state index in [1.54, 1.807) is 13.1 Å². The molecule has 0 atom stereocenters. The Bertz CT molecular complexity index is 760. The minimum atomic E-state index is -0.291. The van der Waals surface area contributed by atoms with Gasteiger partial charge in [-0.3, -0.25) is 0 Å². The fraction of sp³-hybridized carbons (Fsp3) is 0.286. The Balaban J connectivity index is 2.04. The number of anilines is 2. The third-order valence-corrected chi connectivity index (χ3v) is 4.15. The molecule has 1 aromatic carbocycles. The molecule has 1 aromatic heterocycles. The summed E-state index contributed by atoms with van der Waals surface area (Å²) in [6.45, 7) is 0. The van der Waals surface area contributed by atoms with Crippen LogP contribution in [0.3, 0.4) is 0 Å². The van der Waals surface area contributed by atoms with Crippen LogP contribution in [0.1, 0.15) is 24.0 Å². The second kappa shape index (κ2) is 3.17. The van der Waals surface area contributed by atoms with Crippen molar-refractivity contribution in [3.8, 4) is 5.75 Å². The van der Waals surface area contributed by atoms with Crippen LogP contribution in [0, 0.1) is 0 Å². The lowest BCUT2D eigenvalue weighted by Gasteiger charge is -2.29. The van der Waals surface area contributed by atoms with Crippen LogP contribution in [0.15, 0.2) is 29.2 Å². The van der Waals surface area contributed by atoms with Crippen LogP contribution in [0.2, 0.25) is 0 Å². The quantitative estimate of drug-likeness (QED) is 0.702. The van der Waals surface area contributed by atoms with E-state index in [1.807, 2.05) is 18.3 Å². The summed E-state index contributed by atoms with van der Waals surface area (Å²) in [5.74, 6) is 0.784. The van der Waals surface area contributed by atoms with Crippen molar-refractivity contribution in [2.75, 3.05) is 5.32 Å². The Morgan fingerprint density at radius 3 is 2.89 bits per heavy atom. The minimum absolute atomic E-state index is 0.0763. The molecule has 0 unspecified atom stereocenters. The number of hydrogen-bond acceptors (Lipinski definition) is 4. The smallest absolute Gasteiger partial charge is 0.349 e. The molecule has 5 nitrogen and oxygen atoms in total. The van der Waals surface area contributed by atoms with Gasteiger partial charge in [0.1, 0.15) is 11.6 Å². The number of aromatic nitrogens is 2. The summed E-state index contributed by atoms with van der Waals surface area (Å²) in [7, 11) is 1.71. The first-order chi connectivity index (χ1) is 9.12. The van der Waals surface area contributed by atoms with Crippen molar-refractivity contribution in [1.29, 1.82) is 0 Å². The first-order valence-corrected chi connectivity index (χ1v) is 6.29. The van der Waals surface area contributed by atoms with Crippen molar-refractivity contribution in [1.82, 2.24) is 9.55 Å². The van der Waals surface area contributed by atoms with Gasteiger partial charge in [0.05, 0.1) is 5.69 Å². The zero-order valence-corrected chi connectivity index (χ0v) is 10.5. The molecule has 1 saturated carbocycles. The monoisotopic (exact) mass is 255 g/mol. The van der Waals surface area contributed by atoms with E-state index in [4.69, 9.17) is 0 Å². The molecule has 1 aliphatic heterocycles. The number of phenols is 1. The number of para-hydroxylation sites is 1. The van der Waals surface area contributed by atoms with Crippen molar-refractivity contribution in [3.63, 3.8) is 0 Å². The molecule has 1 aliphatic carbocycles. The van der Waals surface area contributed by atoms with Gasteiger partial charge >= 0.3 is 5.69 Å². The van der Waals surface area contributed by atoms with Crippen LogP contribution in [0.5, 0.6) is 5.75 Å². The van der Waals surface area contributed by atoms with Gasteiger partial charge in [0.2, 0.25) is 0 Å². The summed E-state index contributed by atoms with van der Waals surface area (Å²) < 4.78 is 1.51. The number of hydrogen-bond donors (Lipinski definition) is 2. The molecule has 19 heavy (non-hydrogen) atoms. The Hall–Kier alpha value is -2.30. The molecule has 2 N–H and O–H groups in total. The molecule has 0 saturated heterocycles. The van der Waals surface area contributed by atoms with Gasteiger partial charge in [-0.25, -0.2) is 4.79 Å². The number of benzene rings is 1. The number of aryl methyl sites for hydroxylation is 1. The molecule has 1 fully saturated rings. The van der Waals surface area contributed by atoms with E-state index in [9.17, 15) is 9.90 Å². The Labute approximate surface area is 109 Å². The summed E-state index contributed by atoms with van der Waals surface area (Å²) in [5.41, 5.74) is 2.47. The molecule has 1 spiro atoms. The van der Waals surface area contributed by atoms with Crippen molar-refractivity contribution in [2.24, 2.45) is 7.05 Å². The largest absolute Gasteiger partial charge is 0.506 e. The van der Waals surface area contributed by atoms with Gasteiger partial charge in [0.15, 0.2) is 0 Å². The van der Waals surface area contributed by atoms with Crippen molar-refractivity contribution >= 4 is 11.5 Å². The van der Waals surface area contributed by atoms with E-state index in [0.717, 1.165) is 24.0 Å². The first kappa shape index (κ1) is 10.6. The zero-order chi connectivity index (χ0) is 13.2. The average molecular weight is 255 g/mol. The van der Waals surface area contributed by atoms with Gasteiger partial charge in [-0.1, -0.05) is 12.1 Å². The molecular weight excluding hydrogens is 242 g/mol. The maximum absolute atomic E-state index is 11.7. The fourth-order valence-corrected chi connectivity index (χ4v) is 2.99. The minimum Gasteiger partial charge on any atom is -0.506 e. The lowest BCUT2D eigenvalue weighted by atomic mass is 9.85. The first-order valence-electron chi connectivity index (χ1n) is 6.29. The van der Waals surface area contributed by atoms with Crippen LogP contribution in [-0.2, 0) is 12.5 Å². The SMILES string of the molecule is Cn1cc2c(nc1=O)Nc1c(O)cccc1C21CC1. The summed E-state index contributed by atoms with van der Waals surface area (Å²) in [4.78, 5) is 15.7. The molecule has 2 aromatic rings. The Kier molecular flexibility index (Phi) is 1.77. The standard InChI is InChI=1S/C14H13N3O2/c1-17-7-9-12(16-13(17)19)15-11-8(14(9)5-6-14)3-2-4-10(11)18/h2-4,7,18H,5-6H2,1H3,(H,15,16,19). The number of rotatable bonds is 0. The van der Waals surface area contributed by atoms with Crippen molar-refractivity contribution < 1.29 is 5.11 Å². The maximum atomic E-state index is 11.7. The summed E-state index contributed by atoms with van der Waals surface area (Å²) >= 11 is 0. The van der Waals surface area contributed by atoms with E-state index in [0.29, 0.717) is 11.5 Å². The molecule has 0 bridgehead atoms. The number of phenolic OH excluding ortho intramolecular Hbond substituents is 1. The molecule has 96 valence electrons. The van der Waals surface area contributed by atoms with Gasteiger partial charge in [0.25, 0.3) is 0 Å². The van der Waals surface area contributed by atoms with E-state index in [1.165, 1.54) is 4.57 Å². The maximum Gasteiger partial charge on any atom is 0.349 e. The second-order valence-electron chi connectivity index (χ2n) is 5.30. The summed E-state index contributed by atoms with van der Waals surface area (Å²) in [6, 6.07) is 5.54. The highest BCUT2D eigenvalue weighted by Gasteiger charge is 2.51. The number of nitrogens with one attached hydrogen (secondary N) is 1. The van der Waals surface area contributed by atoms with Gasteiger partial charge in [-0.15, -0.1) is 0 Å². The van der Waals surface area contributed by atoms with Crippen molar-refractivity contribution in [2.45, 2.75) is 18.3 Å². The average Bonchev–Trinajstić information content (AvgIpc) is 3.16. The lowest BCUT2D eigenvalue weighted by molar-refractivity contribution is 0.476. The normalized spacial score (nSPS) is 17.5. The van der Waals surface area contributed by atoms with Gasteiger partial charge in [-0.2, -0.15) is 4.98 Å². The van der Waals surface area contributed by atoms with Crippen LogP contribution in [0.4, 0.5) is 11.5 Å². The molecule has 2 heterocycles. The van der Waals surface area contributed by atoms with Crippen LogP contribution in [-0.4, -0.2) is 14.7 Å². The molecule has 4 rings (SSSR count). The van der Waals surface area contributed by atoms with Crippen LogP contribution < -0.4 is 11.0 Å². The third kappa shape index (κ3) is 1.24. The van der Waals surface area contributed by atoms with E-state index in [-0.39, 0.29) is 16.9 Å². The highest BCUT2D eigenvalue weighted by molar-refractivity contribution is 5.79. The zero-order valence-electron chi connectivity index (χ0n) is 10.5. The topological polar surface area (TPSA) is 67.2 Å². The summed E-state index contributed by atoms with van der Waals surface area (Å²) in [6.07, 6.45) is 3.91. The second-order valence-corrected chi connectivity index (χ2v) is 5.30. The van der Waals surface area contributed by atoms with Gasteiger partial charge in [0, 0.05) is 24.2 Å². The predicted octanol–water partition coefficient (Wildman–Crippen LogP) is 1.62. The molecule has 5 heteroatoms. The van der Waals surface area contributed by atoms with E-state index in [2.05, 4.69) is 10.3 Å². The number of fused-ring (bicyclic) bond motifs is 4. The van der Waals surface area contributed by atoms with Crippen LogP contribution in [0.25, 0.3) is 0 Å². The number of aromatic hydroxyl groups is 1. The van der Waals surface area contributed by atoms with Crippen molar-refractivity contribution in [3.05, 3.63) is 46.0 Å². The fourth-order valence-electron chi connectivity index (χ4n) is 2.99. The van der Waals surface area contributed by atoms with Gasteiger partial charge in [-0.05, 0) is 24.5 Å². The highest BCUT2D eigenvalue weighted by Crippen LogP contribution is 2.60. The lowest BCUT2D eigenvalue weighted by Crippen LogP contribution is -2.28. The van der Waals surface area contributed by atoms with E-state index < -0.39 is 0 Å². The molecular formula is C14H13N3O2. The molecule has 2 aliphatic rings. The Morgan fingerprint density at radius 2 is 2.16 bits per heavy atom.